The number of nitrogens with one attached hydrogen (secondary N) is 2. The van der Waals surface area contributed by atoms with Crippen LogP contribution in [0.1, 0.15) is 25.5 Å². The van der Waals surface area contributed by atoms with Crippen molar-refractivity contribution in [1.29, 1.82) is 0 Å². The number of carbonyl (C=O) groups is 1. The molecule has 0 radical (unpaired) electrons. The summed E-state index contributed by atoms with van der Waals surface area (Å²) in [5.41, 5.74) is 0.985. The topological polar surface area (TPSA) is 53.5 Å². The summed E-state index contributed by atoms with van der Waals surface area (Å²) >= 11 is 1.65. The number of hydrogen-bond acceptors (Lipinski definition) is 4. The zero-order valence-corrected chi connectivity index (χ0v) is 11.6. The molecule has 0 fully saturated rings. The van der Waals surface area contributed by atoms with Crippen molar-refractivity contribution in [2.45, 2.75) is 25.9 Å². The second kappa shape index (κ2) is 4.66. The number of fused-ring (bicyclic) bond motifs is 1. The van der Waals surface area contributed by atoms with Gasteiger partial charge in [0.2, 0.25) is 0 Å². The second-order valence-corrected chi connectivity index (χ2v) is 5.77. The van der Waals surface area contributed by atoms with Crippen molar-refractivity contribution in [2.75, 3.05) is 0 Å². The fourth-order valence-electron chi connectivity index (χ4n) is 2.17. The Hall–Kier alpha value is -1.88. The maximum Gasteiger partial charge on any atom is 0.256 e. The zero-order chi connectivity index (χ0) is 13.4. The van der Waals surface area contributed by atoms with E-state index in [4.69, 9.17) is 0 Å². The van der Waals surface area contributed by atoms with Gasteiger partial charge in [0.1, 0.15) is 0 Å². The van der Waals surface area contributed by atoms with Gasteiger partial charge in [-0.15, -0.1) is 11.3 Å². The van der Waals surface area contributed by atoms with E-state index in [1.165, 1.54) is 4.70 Å². The molecule has 19 heavy (non-hydrogen) atoms. The first kappa shape index (κ1) is 12.2. The molecule has 0 spiro atoms. The van der Waals surface area contributed by atoms with Gasteiger partial charge < -0.3 is 5.32 Å². The van der Waals surface area contributed by atoms with Crippen LogP contribution in [0.25, 0.3) is 10.1 Å². The van der Waals surface area contributed by atoms with Gasteiger partial charge in [0, 0.05) is 16.3 Å². The molecule has 1 atom stereocenters. The molecule has 4 nitrogen and oxygen atoms in total. The second-order valence-electron chi connectivity index (χ2n) is 4.86. The molecule has 1 aliphatic rings. The SMILES string of the molecule is CC(C)NC1=NC(c2csc3ccccc23)C(=O)N1. The standard InChI is InChI=1S/C14H15N3OS/c1-8(2)15-14-16-12(13(18)17-14)10-7-19-11-6-4-3-5-9(10)11/h3-8,12H,1-2H3,(H2,15,16,17,18). The number of hydrogen-bond donors (Lipinski definition) is 2. The lowest BCUT2D eigenvalue weighted by Crippen LogP contribution is -2.40. The molecular formula is C14H15N3OS. The summed E-state index contributed by atoms with van der Waals surface area (Å²) in [6.45, 7) is 4.03. The van der Waals surface area contributed by atoms with Gasteiger partial charge >= 0.3 is 0 Å². The monoisotopic (exact) mass is 273 g/mol. The van der Waals surface area contributed by atoms with Crippen LogP contribution in [-0.2, 0) is 4.79 Å². The Kier molecular flexibility index (Phi) is 2.98. The molecule has 5 heteroatoms. The number of amides is 1. The quantitative estimate of drug-likeness (QED) is 0.883. The number of thiophene rings is 1. The average molecular weight is 273 g/mol. The highest BCUT2D eigenvalue weighted by molar-refractivity contribution is 7.17. The Labute approximate surface area is 115 Å². The summed E-state index contributed by atoms with van der Waals surface area (Å²) in [5, 5.41) is 9.06. The minimum Gasteiger partial charge on any atom is -0.354 e. The van der Waals surface area contributed by atoms with Crippen molar-refractivity contribution in [3.63, 3.8) is 0 Å². The van der Waals surface area contributed by atoms with Crippen LogP contribution < -0.4 is 10.6 Å². The molecule has 0 saturated heterocycles. The Morgan fingerprint density at radius 2 is 2.16 bits per heavy atom. The van der Waals surface area contributed by atoms with Gasteiger partial charge in [-0.05, 0) is 30.7 Å². The molecular weight excluding hydrogens is 258 g/mol. The van der Waals surface area contributed by atoms with Crippen molar-refractivity contribution in [3.05, 3.63) is 35.2 Å². The highest BCUT2D eigenvalue weighted by atomic mass is 32.1. The number of guanidine groups is 1. The summed E-state index contributed by atoms with van der Waals surface area (Å²) in [4.78, 5) is 16.5. The van der Waals surface area contributed by atoms with E-state index in [-0.39, 0.29) is 11.9 Å². The summed E-state index contributed by atoms with van der Waals surface area (Å²) in [7, 11) is 0. The molecule has 0 aliphatic carbocycles. The highest BCUT2D eigenvalue weighted by Crippen LogP contribution is 2.33. The fourth-order valence-corrected chi connectivity index (χ4v) is 3.15. The van der Waals surface area contributed by atoms with Crippen molar-refractivity contribution in [2.24, 2.45) is 4.99 Å². The normalized spacial score (nSPS) is 18.8. The molecule has 1 aromatic heterocycles. The summed E-state index contributed by atoms with van der Waals surface area (Å²) in [6.07, 6.45) is 0. The third-order valence-electron chi connectivity index (χ3n) is 2.98. The molecule has 2 N–H and O–H groups in total. The summed E-state index contributed by atoms with van der Waals surface area (Å²) in [5.74, 6) is 0.506. The zero-order valence-electron chi connectivity index (χ0n) is 10.8. The van der Waals surface area contributed by atoms with Crippen LogP contribution in [0.2, 0.25) is 0 Å². The van der Waals surface area contributed by atoms with Gasteiger partial charge in [0.25, 0.3) is 5.91 Å². The van der Waals surface area contributed by atoms with E-state index in [1.54, 1.807) is 11.3 Å². The van der Waals surface area contributed by atoms with E-state index < -0.39 is 6.04 Å². The predicted octanol–water partition coefficient (Wildman–Crippen LogP) is 2.43. The smallest absolute Gasteiger partial charge is 0.256 e. The minimum atomic E-state index is -0.433. The van der Waals surface area contributed by atoms with E-state index in [2.05, 4.69) is 21.7 Å². The first-order valence-electron chi connectivity index (χ1n) is 6.26. The highest BCUT2D eigenvalue weighted by Gasteiger charge is 2.29. The van der Waals surface area contributed by atoms with Crippen LogP contribution in [0.3, 0.4) is 0 Å². The van der Waals surface area contributed by atoms with Crippen LogP contribution in [-0.4, -0.2) is 17.9 Å². The minimum absolute atomic E-state index is 0.0632. The lowest BCUT2D eigenvalue weighted by atomic mass is 10.1. The summed E-state index contributed by atoms with van der Waals surface area (Å²) in [6, 6.07) is 7.91. The lowest BCUT2D eigenvalue weighted by Gasteiger charge is -2.07. The van der Waals surface area contributed by atoms with E-state index in [9.17, 15) is 4.79 Å². The molecule has 3 rings (SSSR count). The van der Waals surface area contributed by atoms with Gasteiger partial charge in [-0.25, -0.2) is 4.99 Å². The predicted molar refractivity (Wildman–Crippen MR) is 78.4 cm³/mol. The average Bonchev–Trinajstić information content (AvgIpc) is 2.92. The maximum atomic E-state index is 12.0. The maximum absolute atomic E-state index is 12.0. The van der Waals surface area contributed by atoms with E-state index in [0.29, 0.717) is 5.96 Å². The van der Waals surface area contributed by atoms with Gasteiger partial charge in [-0.3, -0.25) is 10.1 Å². The van der Waals surface area contributed by atoms with E-state index in [0.717, 1.165) is 10.9 Å². The van der Waals surface area contributed by atoms with Crippen LogP contribution in [0, 0.1) is 0 Å². The molecule has 1 aliphatic heterocycles. The molecule has 0 bridgehead atoms. The Morgan fingerprint density at radius 3 is 2.95 bits per heavy atom. The fraction of sp³-hybridized carbons (Fsp3) is 0.286. The number of benzene rings is 1. The largest absolute Gasteiger partial charge is 0.354 e. The molecule has 1 unspecified atom stereocenters. The molecule has 1 aromatic carbocycles. The number of carbonyl (C=O) groups excluding carboxylic acids is 1. The number of rotatable bonds is 2. The van der Waals surface area contributed by atoms with Gasteiger partial charge in [0.15, 0.2) is 12.0 Å². The van der Waals surface area contributed by atoms with E-state index in [1.807, 2.05) is 37.4 Å². The number of aliphatic imine (C=N–C) groups is 1. The molecule has 1 amide bonds. The van der Waals surface area contributed by atoms with Gasteiger partial charge in [-0.1, -0.05) is 18.2 Å². The third kappa shape index (κ3) is 2.21. The Balaban J connectivity index is 1.97. The first-order valence-corrected chi connectivity index (χ1v) is 7.14. The van der Waals surface area contributed by atoms with Crippen molar-refractivity contribution in [1.82, 2.24) is 10.6 Å². The summed E-state index contributed by atoms with van der Waals surface area (Å²) < 4.78 is 1.19. The Bertz CT molecular complexity index is 660. The third-order valence-corrected chi connectivity index (χ3v) is 3.96. The van der Waals surface area contributed by atoms with Crippen LogP contribution in [0.4, 0.5) is 0 Å². The molecule has 2 heterocycles. The van der Waals surface area contributed by atoms with Crippen molar-refractivity contribution < 1.29 is 4.79 Å². The lowest BCUT2D eigenvalue weighted by molar-refractivity contribution is -0.120. The molecule has 2 aromatic rings. The van der Waals surface area contributed by atoms with Crippen LogP contribution in [0.15, 0.2) is 34.6 Å². The van der Waals surface area contributed by atoms with Crippen molar-refractivity contribution in [3.8, 4) is 0 Å². The molecule has 98 valence electrons. The Morgan fingerprint density at radius 1 is 1.37 bits per heavy atom. The van der Waals surface area contributed by atoms with Crippen LogP contribution >= 0.6 is 11.3 Å². The number of nitrogens with zero attached hydrogens (tertiary/aromatic N) is 1. The van der Waals surface area contributed by atoms with Gasteiger partial charge in [0.05, 0.1) is 0 Å². The van der Waals surface area contributed by atoms with E-state index >= 15 is 0 Å². The van der Waals surface area contributed by atoms with Crippen molar-refractivity contribution >= 4 is 33.3 Å². The first-order chi connectivity index (χ1) is 9.15. The van der Waals surface area contributed by atoms with Gasteiger partial charge in [-0.2, -0.15) is 0 Å². The molecule has 0 saturated carbocycles. The van der Waals surface area contributed by atoms with Crippen LogP contribution in [0.5, 0.6) is 0 Å².